The van der Waals surface area contributed by atoms with Gasteiger partial charge >= 0.3 is 5.82 Å². The first-order valence-corrected chi connectivity index (χ1v) is 15.7. The van der Waals surface area contributed by atoms with Gasteiger partial charge in [-0.3, -0.25) is 0 Å². The quantitative estimate of drug-likeness (QED) is 0.182. The molecule has 0 aliphatic rings. The van der Waals surface area contributed by atoms with Crippen molar-refractivity contribution in [2.45, 2.75) is 49.6 Å². The zero-order chi connectivity index (χ0) is 31.1. The average Bonchev–Trinajstić information content (AvgIpc) is 2.92. The van der Waals surface area contributed by atoms with E-state index in [-0.39, 0.29) is 38.8 Å². The fraction of sp³-hybridized carbons (Fsp3) is 0.214. The van der Waals surface area contributed by atoms with E-state index in [0.717, 1.165) is 0 Å². The maximum absolute atomic E-state index is 12.4. The van der Waals surface area contributed by atoms with Crippen LogP contribution in [0.3, 0.4) is 0 Å². The molecule has 4 rings (SSSR count). The Kier molecular flexibility index (Phi) is 10.5. The van der Waals surface area contributed by atoms with Crippen molar-refractivity contribution in [3.8, 4) is 22.3 Å². The minimum atomic E-state index is -3.78. The lowest BCUT2D eigenvalue weighted by molar-refractivity contribution is -0.388. The molecule has 2 aromatic heterocycles. The van der Waals surface area contributed by atoms with Gasteiger partial charge in [0.1, 0.15) is 12.0 Å². The maximum Gasteiger partial charge on any atom is 0.371 e. The van der Waals surface area contributed by atoms with E-state index in [1.165, 1.54) is 30.5 Å². The highest BCUT2D eigenvalue weighted by Crippen LogP contribution is 2.33. The van der Waals surface area contributed by atoms with Crippen molar-refractivity contribution in [1.29, 1.82) is 0 Å². The monoisotopic (exact) mass is 612 g/mol. The number of rotatable bonds is 9. The van der Waals surface area contributed by atoms with Gasteiger partial charge in [-0.2, -0.15) is 0 Å². The Labute approximate surface area is 245 Å². The third-order valence-corrected chi connectivity index (χ3v) is 8.95. The summed E-state index contributed by atoms with van der Waals surface area (Å²) < 4.78 is 54.6. The fourth-order valence-corrected chi connectivity index (χ4v) is 6.94. The Morgan fingerprint density at radius 3 is 1.52 bits per heavy atom. The van der Waals surface area contributed by atoms with Gasteiger partial charge in [0.15, 0.2) is 0 Å². The lowest BCUT2D eigenvalue weighted by Gasteiger charge is -2.14. The molecule has 0 bridgehead atoms. The summed E-state index contributed by atoms with van der Waals surface area (Å²) in [5, 5.41) is 11.1. The van der Waals surface area contributed by atoms with Gasteiger partial charge in [0.25, 0.3) is 0 Å². The number of pyridine rings is 2. The van der Waals surface area contributed by atoms with E-state index < -0.39 is 25.0 Å². The molecule has 0 saturated heterocycles. The number of nitrogens with two attached hydrogens (primary N) is 1. The van der Waals surface area contributed by atoms with E-state index in [9.17, 15) is 26.9 Å². The SMILES string of the molecule is CC(C)NS(=O)(=O)c1ccccc1-c1cccnc1N.CC(C)NS(=O)(=O)c1ccccc1-c1cccnc1[N+](=O)[O-]. The van der Waals surface area contributed by atoms with Gasteiger partial charge in [-0.1, -0.05) is 36.4 Å². The fourth-order valence-electron chi connectivity index (χ4n) is 3.99. The van der Waals surface area contributed by atoms with Crippen LogP contribution in [0.2, 0.25) is 0 Å². The van der Waals surface area contributed by atoms with E-state index in [0.29, 0.717) is 16.9 Å². The van der Waals surface area contributed by atoms with Crippen molar-refractivity contribution < 1.29 is 21.8 Å². The average molecular weight is 613 g/mol. The summed E-state index contributed by atoms with van der Waals surface area (Å²) in [5.41, 5.74) is 7.41. The summed E-state index contributed by atoms with van der Waals surface area (Å²) in [4.78, 5) is 18.4. The molecule has 12 nitrogen and oxygen atoms in total. The number of nitro groups is 1. The molecule has 42 heavy (non-hydrogen) atoms. The van der Waals surface area contributed by atoms with Crippen molar-refractivity contribution in [2.24, 2.45) is 0 Å². The van der Waals surface area contributed by atoms with Crippen LogP contribution in [0.1, 0.15) is 27.7 Å². The highest BCUT2D eigenvalue weighted by atomic mass is 32.2. The lowest BCUT2D eigenvalue weighted by Crippen LogP contribution is -2.30. The third kappa shape index (κ3) is 7.94. The molecular weight excluding hydrogens is 580 g/mol. The Balaban J connectivity index is 0.000000231. The number of anilines is 1. The van der Waals surface area contributed by atoms with E-state index in [4.69, 9.17) is 5.73 Å². The van der Waals surface area contributed by atoms with Crippen LogP contribution >= 0.6 is 0 Å². The van der Waals surface area contributed by atoms with Gasteiger partial charge in [-0.15, -0.1) is 0 Å². The van der Waals surface area contributed by atoms with Crippen LogP contribution < -0.4 is 15.2 Å². The minimum absolute atomic E-state index is 0.0141. The highest BCUT2D eigenvalue weighted by molar-refractivity contribution is 7.90. The second-order valence-electron chi connectivity index (χ2n) is 9.61. The van der Waals surface area contributed by atoms with Gasteiger partial charge in [0.05, 0.1) is 15.4 Å². The van der Waals surface area contributed by atoms with Crippen LogP contribution in [0.15, 0.2) is 95.0 Å². The van der Waals surface area contributed by atoms with Gasteiger partial charge in [-0.25, -0.2) is 31.3 Å². The topological polar surface area (TPSA) is 187 Å². The van der Waals surface area contributed by atoms with Crippen LogP contribution in [-0.2, 0) is 20.0 Å². The summed E-state index contributed by atoms with van der Waals surface area (Å²) in [6, 6.07) is 18.9. The number of sulfonamides is 2. The number of hydrogen-bond donors (Lipinski definition) is 3. The summed E-state index contributed by atoms with van der Waals surface area (Å²) in [7, 11) is -7.37. The molecule has 4 aromatic rings. The summed E-state index contributed by atoms with van der Waals surface area (Å²) in [6.07, 6.45) is 2.87. The second-order valence-corrected chi connectivity index (χ2v) is 13.0. The van der Waals surface area contributed by atoms with Crippen molar-refractivity contribution in [1.82, 2.24) is 19.4 Å². The van der Waals surface area contributed by atoms with Crippen molar-refractivity contribution in [2.75, 3.05) is 5.73 Å². The van der Waals surface area contributed by atoms with Crippen molar-refractivity contribution >= 4 is 31.7 Å². The van der Waals surface area contributed by atoms with E-state index >= 15 is 0 Å². The number of nitrogens with zero attached hydrogens (tertiary/aromatic N) is 3. The Morgan fingerprint density at radius 1 is 0.667 bits per heavy atom. The molecule has 0 fully saturated rings. The van der Waals surface area contributed by atoms with Crippen LogP contribution in [0.5, 0.6) is 0 Å². The molecule has 0 unspecified atom stereocenters. The minimum Gasteiger partial charge on any atom is -0.383 e. The molecular formula is C28H32N6O6S2. The molecule has 0 saturated carbocycles. The molecule has 4 N–H and O–H groups in total. The Morgan fingerprint density at radius 2 is 1.07 bits per heavy atom. The van der Waals surface area contributed by atoms with Crippen LogP contribution in [0.25, 0.3) is 22.3 Å². The summed E-state index contributed by atoms with van der Waals surface area (Å²) >= 11 is 0. The molecule has 2 aromatic carbocycles. The lowest BCUT2D eigenvalue weighted by atomic mass is 10.1. The first-order chi connectivity index (χ1) is 19.7. The standard InChI is InChI=1S/C14H15N3O4S.C14H17N3O2S/c1-10(2)16-22(20,21)13-8-4-3-6-11(13)12-7-5-9-15-14(12)17(18)19;1-10(2)17-20(18,19)13-8-4-3-6-11(13)12-7-5-9-16-14(12)15/h3-10,16H,1-2H3;3-10,17H,1-2H3,(H2,15,16). The van der Waals surface area contributed by atoms with Crippen LogP contribution in [0, 0.1) is 10.1 Å². The van der Waals surface area contributed by atoms with Gasteiger partial charge < -0.3 is 15.8 Å². The largest absolute Gasteiger partial charge is 0.383 e. The molecule has 0 radical (unpaired) electrons. The van der Waals surface area contributed by atoms with Gasteiger partial charge in [-0.05, 0) is 74.0 Å². The van der Waals surface area contributed by atoms with Crippen molar-refractivity contribution in [3.05, 3.63) is 95.3 Å². The number of aromatic nitrogens is 2. The zero-order valence-electron chi connectivity index (χ0n) is 23.4. The zero-order valence-corrected chi connectivity index (χ0v) is 25.1. The number of nitrogens with one attached hydrogen (secondary N) is 2. The molecule has 0 atom stereocenters. The van der Waals surface area contributed by atoms with E-state index in [2.05, 4.69) is 19.4 Å². The van der Waals surface area contributed by atoms with Gasteiger partial charge in [0.2, 0.25) is 20.0 Å². The molecule has 0 spiro atoms. The van der Waals surface area contributed by atoms with Crippen LogP contribution in [0.4, 0.5) is 11.6 Å². The molecule has 0 aliphatic carbocycles. The third-order valence-electron chi connectivity index (χ3n) is 5.51. The second kappa shape index (κ2) is 13.6. The normalized spacial score (nSPS) is 11.7. The van der Waals surface area contributed by atoms with Gasteiger partial charge in [0, 0.05) is 35.0 Å². The molecule has 222 valence electrons. The maximum atomic E-state index is 12.4. The number of benzene rings is 2. The molecule has 0 aliphatic heterocycles. The Bertz CT molecular complexity index is 1780. The summed E-state index contributed by atoms with van der Waals surface area (Å²) in [6.45, 7) is 6.95. The Hall–Kier alpha value is -4.24. The predicted molar refractivity (Wildman–Crippen MR) is 161 cm³/mol. The van der Waals surface area contributed by atoms with E-state index in [1.807, 2.05) is 0 Å². The number of hydrogen-bond acceptors (Lipinski definition) is 9. The summed E-state index contributed by atoms with van der Waals surface area (Å²) in [5.74, 6) is -0.0746. The number of nitrogen functional groups attached to an aromatic ring is 1. The molecule has 0 amide bonds. The predicted octanol–water partition coefficient (Wildman–Crippen LogP) is 4.36. The first kappa shape index (κ1) is 32.3. The van der Waals surface area contributed by atoms with Crippen molar-refractivity contribution in [3.63, 3.8) is 0 Å². The smallest absolute Gasteiger partial charge is 0.371 e. The van der Waals surface area contributed by atoms with E-state index in [1.54, 1.807) is 82.4 Å². The van der Waals surface area contributed by atoms with Crippen LogP contribution in [-0.4, -0.2) is 43.8 Å². The molecule has 2 heterocycles. The highest BCUT2D eigenvalue weighted by Gasteiger charge is 2.25. The first-order valence-electron chi connectivity index (χ1n) is 12.8. The molecule has 14 heteroatoms.